The van der Waals surface area contributed by atoms with E-state index >= 15 is 0 Å². The summed E-state index contributed by atoms with van der Waals surface area (Å²) in [5, 5.41) is 13.6. The lowest BCUT2D eigenvalue weighted by Gasteiger charge is -2.34. The van der Waals surface area contributed by atoms with Crippen LogP contribution in [0.4, 0.5) is 0 Å². The van der Waals surface area contributed by atoms with Crippen molar-refractivity contribution in [1.82, 2.24) is 10.2 Å². The Morgan fingerprint density at radius 1 is 1.00 bits per heavy atom. The lowest BCUT2D eigenvalue weighted by molar-refractivity contribution is -0.137. The summed E-state index contributed by atoms with van der Waals surface area (Å²) in [7, 11) is 0. The van der Waals surface area contributed by atoms with E-state index in [0.717, 1.165) is 38.5 Å². The molecule has 3 fully saturated rings. The van der Waals surface area contributed by atoms with Gasteiger partial charge in [-0.1, -0.05) is 25.7 Å². The maximum atomic E-state index is 12.4. The number of carbonyl (C=O) groups excluding carboxylic acids is 2. The zero-order chi connectivity index (χ0) is 17.0. The van der Waals surface area contributed by atoms with Crippen LogP contribution < -0.4 is 5.32 Å². The predicted octanol–water partition coefficient (Wildman–Crippen LogP) is 2.37. The number of carbonyl (C=O) groups is 2. The van der Waals surface area contributed by atoms with Crippen molar-refractivity contribution in [3.8, 4) is 0 Å². The molecule has 3 aliphatic rings. The van der Waals surface area contributed by atoms with Crippen LogP contribution in [0, 0.1) is 5.92 Å². The van der Waals surface area contributed by atoms with Gasteiger partial charge in [0, 0.05) is 25.6 Å². The van der Waals surface area contributed by atoms with Crippen molar-refractivity contribution in [1.29, 1.82) is 0 Å². The van der Waals surface area contributed by atoms with Crippen LogP contribution >= 0.6 is 0 Å². The Hall–Kier alpha value is -1.10. The quantitative estimate of drug-likeness (QED) is 0.810. The van der Waals surface area contributed by atoms with Gasteiger partial charge >= 0.3 is 0 Å². The van der Waals surface area contributed by atoms with E-state index in [2.05, 4.69) is 5.32 Å². The largest absolute Gasteiger partial charge is 0.389 e. The Morgan fingerprint density at radius 2 is 1.62 bits per heavy atom. The number of piperidine rings is 1. The van der Waals surface area contributed by atoms with E-state index in [0.29, 0.717) is 25.4 Å². The lowest BCUT2D eigenvalue weighted by atomic mass is 9.96. The Balaban J connectivity index is 1.37. The summed E-state index contributed by atoms with van der Waals surface area (Å²) < 4.78 is 0. The van der Waals surface area contributed by atoms with Gasteiger partial charge in [0.1, 0.15) is 0 Å². The maximum Gasteiger partial charge on any atom is 0.225 e. The molecular formula is C19H32N2O3. The van der Waals surface area contributed by atoms with E-state index < -0.39 is 5.60 Å². The molecule has 2 amide bonds. The molecule has 0 spiro atoms. The first-order chi connectivity index (χ1) is 11.5. The average molecular weight is 336 g/mol. The van der Waals surface area contributed by atoms with Crippen LogP contribution in [0.5, 0.6) is 0 Å². The Morgan fingerprint density at radius 3 is 2.25 bits per heavy atom. The normalized spacial score (nSPS) is 25.1. The molecule has 0 aromatic heterocycles. The zero-order valence-corrected chi connectivity index (χ0v) is 14.8. The topological polar surface area (TPSA) is 69.6 Å². The fourth-order valence-electron chi connectivity index (χ4n) is 4.64. The molecule has 0 aromatic rings. The molecule has 0 radical (unpaired) electrons. The number of amides is 2. The highest BCUT2D eigenvalue weighted by Crippen LogP contribution is 2.33. The van der Waals surface area contributed by atoms with Crippen molar-refractivity contribution in [3.05, 3.63) is 0 Å². The minimum absolute atomic E-state index is 0.0788. The van der Waals surface area contributed by atoms with Gasteiger partial charge in [-0.3, -0.25) is 9.59 Å². The second kappa shape index (κ2) is 7.85. The summed E-state index contributed by atoms with van der Waals surface area (Å²) in [6, 6.07) is 0.206. The van der Waals surface area contributed by atoms with E-state index in [1.807, 2.05) is 4.90 Å². The van der Waals surface area contributed by atoms with Crippen LogP contribution in [0.2, 0.25) is 0 Å². The molecule has 1 saturated heterocycles. The fraction of sp³-hybridized carbons (Fsp3) is 0.895. The molecule has 0 unspecified atom stereocenters. The number of nitrogens with one attached hydrogen (secondary N) is 1. The highest BCUT2D eigenvalue weighted by atomic mass is 16.3. The predicted molar refractivity (Wildman–Crippen MR) is 92.4 cm³/mol. The fourth-order valence-corrected chi connectivity index (χ4v) is 4.64. The maximum absolute atomic E-state index is 12.4. The Kier molecular flexibility index (Phi) is 5.80. The third-order valence-corrected chi connectivity index (χ3v) is 6.18. The third kappa shape index (κ3) is 4.71. The summed E-state index contributed by atoms with van der Waals surface area (Å²) in [6.07, 6.45) is 11.1. The van der Waals surface area contributed by atoms with Crippen molar-refractivity contribution >= 4 is 11.8 Å². The van der Waals surface area contributed by atoms with E-state index in [1.54, 1.807) is 0 Å². The van der Waals surface area contributed by atoms with Crippen molar-refractivity contribution in [2.75, 3.05) is 13.1 Å². The number of hydrogen-bond acceptors (Lipinski definition) is 3. The molecule has 2 saturated carbocycles. The van der Waals surface area contributed by atoms with Gasteiger partial charge in [0.25, 0.3) is 0 Å². The van der Waals surface area contributed by atoms with Crippen molar-refractivity contribution in [2.45, 2.75) is 88.7 Å². The third-order valence-electron chi connectivity index (χ3n) is 6.18. The second-order valence-electron chi connectivity index (χ2n) is 8.19. The Labute approximate surface area is 145 Å². The molecule has 5 heteroatoms. The molecule has 0 bridgehead atoms. The van der Waals surface area contributed by atoms with Gasteiger partial charge < -0.3 is 15.3 Å². The van der Waals surface area contributed by atoms with Gasteiger partial charge in [0.05, 0.1) is 12.0 Å². The summed E-state index contributed by atoms with van der Waals surface area (Å²) in [5.74, 6) is 0.848. The minimum atomic E-state index is -0.760. The number of likely N-dealkylation sites (tertiary alicyclic amines) is 1. The molecule has 3 rings (SSSR count). The summed E-state index contributed by atoms with van der Waals surface area (Å²) in [4.78, 5) is 26.4. The molecule has 2 aliphatic carbocycles. The van der Waals surface area contributed by atoms with Crippen LogP contribution in [0.1, 0.15) is 77.0 Å². The molecule has 0 atom stereocenters. The van der Waals surface area contributed by atoms with Crippen LogP contribution in [-0.4, -0.2) is 46.6 Å². The summed E-state index contributed by atoms with van der Waals surface area (Å²) in [6.45, 7) is 1.40. The van der Waals surface area contributed by atoms with Gasteiger partial charge in [0.15, 0.2) is 0 Å². The van der Waals surface area contributed by atoms with Gasteiger partial charge in [-0.2, -0.15) is 0 Å². The molecule has 1 aliphatic heterocycles. The monoisotopic (exact) mass is 336 g/mol. The van der Waals surface area contributed by atoms with Crippen LogP contribution in [0.15, 0.2) is 0 Å². The molecule has 136 valence electrons. The van der Waals surface area contributed by atoms with Crippen molar-refractivity contribution in [2.24, 2.45) is 5.92 Å². The zero-order valence-electron chi connectivity index (χ0n) is 14.8. The second-order valence-corrected chi connectivity index (χ2v) is 8.19. The number of rotatable bonds is 5. The van der Waals surface area contributed by atoms with Crippen LogP contribution in [-0.2, 0) is 9.59 Å². The first-order valence-corrected chi connectivity index (χ1v) is 9.84. The van der Waals surface area contributed by atoms with Gasteiger partial charge in [-0.15, -0.1) is 0 Å². The SMILES string of the molecule is O=C(CC1CCCC1)NC1CCN(C(=O)CC2(O)CCCC2)CC1. The highest BCUT2D eigenvalue weighted by molar-refractivity contribution is 5.78. The van der Waals surface area contributed by atoms with Crippen LogP contribution in [0.3, 0.4) is 0 Å². The number of nitrogens with zero attached hydrogens (tertiary/aromatic N) is 1. The van der Waals surface area contributed by atoms with E-state index in [1.165, 1.54) is 25.7 Å². The molecule has 24 heavy (non-hydrogen) atoms. The summed E-state index contributed by atoms with van der Waals surface area (Å²) in [5.41, 5.74) is -0.760. The molecule has 5 nitrogen and oxygen atoms in total. The van der Waals surface area contributed by atoms with Crippen LogP contribution in [0.25, 0.3) is 0 Å². The van der Waals surface area contributed by atoms with E-state index in [-0.39, 0.29) is 24.3 Å². The standard InChI is InChI=1S/C19H32N2O3/c22-17(13-15-5-1-2-6-15)20-16-7-11-21(12-8-16)18(23)14-19(24)9-3-4-10-19/h15-16,24H,1-14H2,(H,20,22). The summed E-state index contributed by atoms with van der Waals surface area (Å²) >= 11 is 0. The van der Waals surface area contributed by atoms with E-state index in [4.69, 9.17) is 0 Å². The first kappa shape index (κ1) is 17.7. The average Bonchev–Trinajstić information content (AvgIpc) is 3.20. The Bertz CT molecular complexity index is 446. The minimum Gasteiger partial charge on any atom is -0.389 e. The molecule has 0 aromatic carbocycles. The smallest absolute Gasteiger partial charge is 0.225 e. The van der Waals surface area contributed by atoms with E-state index in [9.17, 15) is 14.7 Å². The highest BCUT2D eigenvalue weighted by Gasteiger charge is 2.35. The number of aliphatic hydroxyl groups is 1. The van der Waals surface area contributed by atoms with Gasteiger partial charge in [0.2, 0.25) is 11.8 Å². The van der Waals surface area contributed by atoms with Crippen molar-refractivity contribution in [3.63, 3.8) is 0 Å². The lowest BCUT2D eigenvalue weighted by Crippen LogP contribution is -2.48. The molecule has 1 heterocycles. The number of hydrogen-bond donors (Lipinski definition) is 2. The first-order valence-electron chi connectivity index (χ1n) is 9.84. The molecule has 2 N–H and O–H groups in total. The van der Waals surface area contributed by atoms with Gasteiger partial charge in [-0.25, -0.2) is 0 Å². The van der Waals surface area contributed by atoms with Crippen molar-refractivity contribution < 1.29 is 14.7 Å². The molecular weight excluding hydrogens is 304 g/mol. The van der Waals surface area contributed by atoms with Gasteiger partial charge in [-0.05, 0) is 44.4 Å².